The van der Waals surface area contributed by atoms with Crippen LogP contribution in [0.2, 0.25) is 0 Å². The standard InChI is InChI=1S/C23H27ClN2O/c1-3-19(24)12-13-20-17(2)16-21(25-20)22(27)26-23(14-8-5-9-15-23)18-10-6-4-7-11-18/h4,6-7,10-13,16,25H,2-3,5,8-9,14-15H2,1H3,(H,26,27)/b19-12+,20-13+. The maximum Gasteiger partial charge on any atom is 0.268 e. The Hall–Kier alpha value is -2.26. The molecular weight excluding hydrogens is 356 g/mol. The molecule has 4 heteroatoms. The molecule has 1 heterocycles. The van der Waals surface area contributed by atoms with Crippen molar-refractivity contribution in [2.45, 2.75) is 51.0 Å². The fourth-order valence-electron chi connectivity index (χ4n) is 3.76. The molecule has 27 heavy (non-hydrogen) atoms. The van der Waals surface area contributed by atoms with Crippen molar-refractivity contribution in [1.82, 2.24) is 10.3 Å². The van der Waals surface area contributed by atoms with E-state index in [1.165, 1.54) is 12.0 Å². The topological polar surface area (TPSA) is 44.9 Å². The molecule has 1 fully saturated rings. The largest absolute Gasteiger partial charge is 0.351 e. The van der Waals surface area contributed by atoms with Crippen molar-refractivity contribution in [3.8, 4) is 0 Å². The summed E-state index contributed by atoms with van der Waals surface area (Å²) in [4.78, 5) is 16.2. The number of H-pyrrole nitrogens is 1. The van der Waals surface area contributed by atoms with Gasteiger partial charge in [0.05, 0.1) is 5.54 Å². The average Bonchev–Trinajstić information content (AvgIpc) is 3.08. The molecule has 3 rings (SSSR count). The SMILES string of the molecule is C=c1cc(C(=O)NC2(c3ccccc3)CCCCC2)[nH]/c1=C/C=C(/Cl)CC. The van der Waals surface area contributed by atoms with Crippen molar-refractivity contribution in [2.24, 2.45) is 0 Å². The molecule has 2 N–H and O–H groups in total. The van der Waals surface area contributed by atoms with E-state index in [9.17, 15) is 4.79 Å². The summed E-state index contributed by atoms with van der Waals surface area (Å²) in [6.45, 7) is 6.03. The summed E-state index contributed by atoms with van der Waals surface area (Å²) in [5, 5.41) is 5.69. The lowest BCUT2D eigenvalue weighted by Crippen LogP contribution is -2.47. The maximum atomic E-state index is 13.0. The van der Waals surface area contributed by atoms with Gasteiger partial charge in [-0.25, -0.2) is 0 Å². The number of aromatic nitrogens is 1. The van der Waals surface area contributed by atoms with E-state index in [0.717, 1.165) is 47.7 Å². The fraction of sp³-hybridized carbons (Fsp3) is 0.348. The van der Waals surface area contributed by atoms with Crippen LogP contribution in [0.25, 0.3) is 12.7 Å². The number of carbonyl (C=O) groups is 1. The van der Waals surface area contributed by atoms with Gasteiger partial charge in [-0.1, -0.05) is 74.7 Å². The highest BCUT2D eigenvalue weighted by molar-refractivity contribution is 6.29. The summed E-state index contributed by atoms with van der Waals surface area (Å²) in [5.41, 5.74) is 1.43. The number of rotatable bonds is 5. The molecule has 1 aliphatic rings. The molecule has 1 amide bonds. The van der Waals surface area contributed by atoms with Crippen molar-refractivity contribution in [3.05, 3.63) is 69.3 Å². The van der Waals surface area contributed by atoms with Crippen molar-refractivity contribution in [2.75, 3.05) is 0 Å². The molecule has 1 aromatic carbocycles. The summed E-state index contributed by atoms with van der Waals surface area (Å²) >= 11 is 6.07. The first-order valence-corrected chi connectivity index (χ1v) is 10.0. The lowest BCUT2D eigenvalue weighted by atomic mass is 9.76. The normalized spacial score (nSPS) is 17.7. The third-order valence-electron chi connectivity index (χ3n) is 5.33. The number of hydrogen-bond donors (Lipinski definition) is 2. The Morgan fingerprint density at radius 2 is 1.96 bits per heavy atom. The van der Waals surface area contributed by atoms with Crippen LogP contribution in [-0.4, -0.2) is 10.9 Å². The summed E-state index contributed by atoms with van der Waals surface area (Å²) in [6, 6.07) is 12.1. The molecule has 0 spiro atoms. The molecule has 0 atom stereocenters. The second-order valence-corrected chi connectivity index (χ2v) is 7.70. The average molecular weight is 383 g/mol. The van der Waals surface area contributed by atoms with Crippen molar-refractivity contribution < 1.29 is 4.79 Å². The van der Waals surface area contributed by atoms with Gasteiger partial charge in [-0.05, 0) is 48.3 Å². The zero-order valence-corrected chi connectivity index (χ0v) is 16.6. The van der Waals surface area contributed by atoms with Gasteiger partial charge in [-0.3, -0.25) is 4.79 Å². The van der Waals surface area contributed by atoms with Gasteiger partial charge in [-0.2, -0.15) is 0 Å². The highest BCUT2D eigenvalue weighted by Crippen LogP contribution is 2.37. The molecule has 0 unspecified atom stereocenters. The van der Waals surface area contributed by atoms with Gasteiger partial charge >= 0.3 is 0 Å². The van der Waals surface area contributed by atoms with Crippen LogP contribution in [0.5, 0.6) is 0 Å². The molecule has 3 nitrogen and oxygen atoms in total. The zero-order valence-electron chi connectivity index (χ0n) is 15.9. The zero-order chi connectivity index (χ0) is 19.3. The third kappa shape index (κ3) is 4.54. The molecule has 2 aromatic rings. The molecule has 1 aromatic heterocycles. The molecule has 0 aliphatic heterocycles. The van der Waals surface area contributed by atoms with Crippen molar-refractivity contribution >= 4 is 30.2 Å². The van der Waals surface area contributed by atoms with E-state index >= 15 is 0 Å². The molecule has 142 valence electrons. The first-order chi connectivity index (χ1) is 13.0. The Bertz CT molecular complexity index is 921. The van der Waals surface area contributed by atoms with E-state index in [4.69, 9.17) is 11.6 Å². The van der Waals surface area contributed by atoms with Crippen LogP contribution in [-0.2, 0) is 5.54 Å². The Morgan fingerprint density at radius 1 is 1.26 bits per heavy atom. The van der Waals surface area contributed by atoms with Gasteiger partial charge in [-0.15, -0.1) is 0 Å². The first kappa shape index (κ1) is 19.5. The lowest BCUT2D eigenvalue weighted by Gasteiger charge is -2.38. The van der Waals surface area contributed by atoms with Crippen LogP contribution in [0, 0.1) is 0 Å². The second kappa shape index (κ2) is 8.62. The number of benzene rings is 1. The molecule has 0 saturated heterocycles. The van der Waals surface area contributed by atoms with E-state index < -0.39 is 0 Å². The van der Waals surface area contributed by atoms with Crippen LogP contribution < -0.4 is 15.9 Å². The highest BCUT2D eigenvalue weighted by atomic mass is 35.5. The second-order valence-electron chi connectivity index (χ2n) is 7.22. The van der Waals surface area contributed by atoms with Crippen LogP contribution >= 0.6 is 11.6 Å². The summed E-state index contributed by atoms with van der Waals surface area (Å²) in [5.74, 6) is -0.0872. The molecule has 0 bridgehead atoms. The number of allylic oxidation sites excluding steroid dienone is 2. The molecular formula is C23H27ClN2O. The van der Waals surface area contributed by atoms with E-state index in [-0.39, 0.29) is 11.4 Å². The van der Waals surface area contributed by atoms with E-state index in [2.05, 4.69) is 29.0 Å². The van der Waals surface area contributed by atoms with E-state index in [1.54, 1.807) is 6.07 Å². The number of nitrogens with one attached hydrogen (secondary N) is 2. The van der Waals surface area contributed by atoms with Gasteiger partial charge in [0.25, 0.3) is 5.91 Å². The van der Waals surface area contributed by atoms with Gasteiger partial charge < -0.3 is 10.3 Å². The number of carbonyl (C=O) groups excluding carboxylic acids is 1. The van der Waals surface area contributed by atoms with Crippen LogP contribution in [0.4, 0.5) is 0 Å². The molecule has 1 saturated carbocycles. The predicted octanol–water partition coefficient (Wildman–Crippen LogP) is 4.33. The Morgan fingerprint density at radius 3 is 2.63 bits per heavy atom. The number of halogens is 1. The Labute approximate surface area is 165 Å². The number of amides is 1. The lowest BCUT2D eigenvalue weighted by molar-refractivity contribution is 0.0861. The minimum absolute atomic E-state index is 0.0872. The molecule has 0 radical (unpaired) electrons. The van der Waals surface area contributed by atoms with Gasteiger partial charge in [0.2, 0.25) is 0 Å². The Balaban J connectivity index is 1.88. The van der Waals surface area contributed by atoms with Crippen LogP contribution in [0.3, 0.4) is 0 Å². The Kier molecular flexibility index (Phi) is 6.22. The summed E-state index contributed by atoms with van der Waals surface area (Å²) < 4.78 is 0. The smallest absolute Gasteiger partial charge is 0.268 e. The van der Waals surface area contributed by atoms with Crippen molar-refractivity contribution in [1.29, 1.82) is 0 Å². The number of aromatic amines is 1. The minimum Gasteiger partial charge on any atom is -0.351 e. The van der Waals surface area contributed by atoms with Crippen LogP contribution in [0.15, 0.2) is 47.5 Å². The monoisotopic (exact) mass is 382 g/mol. The van der Waals surface area contributed by atoms with E-state index in [0.29, 0.717) is 5.69 Å². The van der Waals surface area contributed by atoms with Gasteiger partial charge in [0.15, 0.2) is 0 Å². The third-order valence-corrected chi connectivity index (χ3v) is 5.73. The van der Waals surface area contributed by atoms with E-state index in [1.807, 2.05) is 37.3 Å². The summed E-state index contributed by atoms with van der Waals surface area (Å²) in [6.07, 6.45) is 9.90. The van der Waals surface area contributed by atoms with Gasteiger partial charge in [0.1, 0.15) is 5.69 Å². The molecule has 1 aliphatic carbocycles. The maximum absolute atomic E-state index is 13.0. The van der Waals surface area contributed by atoms with Gasteiger partial charge in [0, 0.05) is 10.4 Å². The minimum atomic E-state index is -0.293. The predicted molar refractivity (Wildman–Crippen MR) is 113 cm³/mol. The fourth-order valence-corrected chi connectivity index (χ4v) is 3.82. The highest BCUT2D eigenvalue weighted by Gasteiger charge is 2.35. The quantitative estimate of drug-likeness (QED) is 0.794. The first-order valence-electron chi connectivity index (χ1n) is 9.66. The van der Waals surface area contributed by atoms with Crippen molar-refractivity contribution in [3.63, 3.8) is 0 Å². The summed E-state index contributed by atoms with van der Waals surface area (Å²) in [7, 11) is 0. The number of hydrogen-bond acceptors (Lipinski definition) is 1. The van der Waals surface area contributed by atoms with Crippen LogP contribution in [0.1, 0.15) is 61.5 Å².